The van der Waals surface area contributed by atoms with Gasteiger partial charge < -0.3 is 9.30 Å². The second-order valence-electron chi connectivity index (χ2n) is 6.30. The maximum atomic E-state index is 14.4. The van der Waals surface area contributed by atoms with Crippen LogP contribution < -0.4 is 4.80 Å². The molecule has 10 heteroatoms. The highest BCUT2D eigenvalue weighted by atomic mass is 32.2. The Balaban J connectivity index is 2.03. The molecule has 2 heterocycles. The van der Waals surface area contributed by atoms with E-state index in [1.807, 2.05) is 6.92 Å². The van der Waals surface area contributed by atoms with Gasteiger partial charge in [-0.25, -0.2) is 12.8 Å². The first kappa shape index (κ1) is 20.1. The average Bonchev–Trinajstić information content (AvgIpc) is 3.21. The Kier molecular flexibility index (Phi) is 6.09. The summed E-state index contributed by atoms with van der Waals surface area (Å²) in [5.41, 5.74) is 0.375. The van der Waals surface area contributed by atoms with Crippen LogP contribution in [0.3, 0.4) is 0 Å². The van der Waals surface area contributed by atoms with Crippen molar-refractivity contribution in [2.24, 2.45) is 4.99 Å². The summed E-state index contributed by atoms with van der Waals surface area (Å²) in [5, 5.41) is 0. The summed E-state index contributed by atoms with van der Waals surface area (Å²) in [6.45, 7) is 3.42. The van der Waals surface area contributed by atoms with Crippen molar-refractivity contribution in [3.63, 3.8) is 0 Å². The van der Waals surface area contributed by atoms with Crippen molar-refractivity contribution >= 4 is 37.5 Å². The molecule has 0 N–H and O–H groups in total. The number of halogens is 1. The molecule has 148 valence electrons. The number of amides is 1. The van der Waals surface area contributed by atoms with Gasteiger partial charge in [-0.1, -0.05) is 17.4 Å². The number of para-hydroxylation sites is 1. The molecule has 1 aliphatic rings. The molecule has 1 unspecified atom stereocenters. The van der Waals surface area contributed by atoms with Crippen LogP contribution in [0.25, 0.3) is 10.2 Å². The third-order valence-electron chi connectivity index (χ3n) is 4.44. The van der Waals surface area contributed by atoms with E-state index < -0.39 is 27.8 Å². The SMILES string of the molecule is CCOCCn1c(=NC(=O)C2CCCN2S(C)(=O)=O)sc2cccc(F)c21. The van der Waals surface area contributed by atoms with Crippen molar-refractivity contribution in [1.82, 2.24) is 8.87 Å². The highest BCUT2D eigenvalue weighted by Gasteiger charge is 2.36. The van der Waals surface area contributed by atoms with Crippen LogP contribution in [-0.4, -0.2) is 55.3 Å². The number of carbonyl (C=O) groups excluding carboxylic acids is 1. The van der Waals surface area contributed by atoms with Gasteiger partial charge in [0.25, 0.3) is 5.91 Å². The van der Waals surface area contributed by atoms with E-state index in [9.17, 15) is 17.6 Å². The van der Waals surface area contributed by atoms with Gasteiger partial charge in [0.2, 0.25) is 10.0 Å². The molecular weight excluding hydrogens is 393 g/mol. The van der Waals surface area contributed by atoms with Crippen molar-refractivity contribution in [2.45, 2.75) is 32.4 Å². The summed E-state index contributed by atoms with van der Waals surface area (Å²) < 4.78 is 47.0. The van der Waals surface area contributed by atoms with Gasteiger partial charge in [0.15, 0.2) is 4.80 Å². The van der Waals surface area contributed by atoms with Crippen LogP contribution in [0.5, 0.6) is 0 Å². The predicted molar refractivity (Wildman–Crippen MR) is 101 cm³/mol. The number of aromatic nitrogens is 1. The molecule has 1 aromatic carbocycles. The van der Waals surface area contributed by atoms with Crippen molar-refractivity contribution in [1.29, 1.82) is 0 Å². The number of nitrogens with zero attached hydrogens (tertiary/aromatic N) is 3. The second-order valence-corrected chi connectivity index (χ2v) is 9.25. The standard InChI is InChI=1S/C17H22FN3O4S2/c1-3-25-11-10-20-15-12(18)6-4-8-14(15)26-17(20)19-16(22)13-7-5-9-21(13)27(2,23)24/h4,6,8,13H,3,5,7,9-11H2,1-2H3. The smallest absolute Gasteiger partial charge is 0.266 e. The molecule has 0 aliphatic carbocycles. The number of ether oxygens (including phenoxy) is 1. The zero-order valence-electron chi connectivity index (χ0n) is 15.2. The van der Waals surface area contributed by atoms with E-state index in [4.69, 9.17) is 4.74 Å². The fourth-order valence-corrected chi connectivity index (χ4v) is 5.43. The molecule has 0 spiro atoms. The molecule has 0 bridgehead atoms. The Morgan fingerprint density at radius 1 is 1.44 bits per heavy atom. The highest BCUT2D eigenvalue weighted by molar-refractivity contribution is 7.88. The average molecular weight is 416 g/mol. The molecule has 1 atom stereocenters. The maximum Gasteiger partial charge on any atom is 0.266 e. The first-order valence-electron chi connectivity index (χ1n) is 8.74. The summed E-state index contributed by atoms with van der Waals surface area (Å²) in [5.74, 6) is -0.914. The summed E-state index contributed by atoms with van der Waals surface area (Å²) >= 11 is 1.20. The molecule has 27 heavy (non-hydrogen) atoms. The molecule has 2 aromatic rings. The lowest BCUT2D eigenvalue weighted by Crippen LogP contribution is -2.40. The first-order valence-corrected chi connectivity index (χ1v) is 11.4. The molecular formula is C17H22FN3O4S2. The van der Waals surface area contributed by atoms with E-state index >= 15 is 0 Å². The Bertz CT molecular complexity index is 1010. The Hall–Kier alpha value is -1.62. The van der Waals surface area contributed by atoms with Gasteiger partial charge in [-0.2, -0.15) is 9.30 Å². The van der Waals surface area contributed by atoms with Crippen molar-refractivity contribution in [2.75, 3.05) is 26.0 Å². The molecule has 0 saturated carbocycles. The van der Waals surface area contributed by atoms with Crippen LogP contribution in [-0.2, 0) is 26.1 Å². The predicted octanol–water partition coefficient (Wildman–Crippen LogP) is 1.73. The van der Waals surface area contributed by atoms with Crippen LogP contribution in [0.4, 0.5) is 4.39 Å². The van der Waals surface area contributed by atoms with Crippen molar-refractivity contribution in [3.8, 4) is 0 Å². The minimum atomic E-state index is -3.48. The van der Waals surface area contributed by atoms with Gasteiger partial charge >= 0.3 is 0 Å². The highest BCUT2D eigenvalue weighted by Crippen LogP contribution is 2.23. The van der Waals surface area contributed by atoms with Crippen LogP contribution in [0, 0.1) is 5.82 Å². The molecule has 1 fully saturated rings. The Morgan fingerprint density at radius 2 is 2.22 bits per heavy atom. The first-order chi connectivity index (χ1) is 12.8. The summed E-state index contributed by atoms with van der Waals surface area (Å²) in [6, 6.07) is 3.94. The Labute approximate surface area is 161 Å². The lowest BCUT2D eigenvalue weighted by molar-refractivity contribution is -0.121. The van der Waals surface area contributed by atoms with Crippen LogP contribution in [0.15, 0.2) is 23.2 Å². The van der Waals surface area contributed by atoms with E-state index in [2.05, 4.69) is 4.99 Å². The van der Waals surface area contributed by atoms with Crippen molar-refractivity contribution < 1.29 is 22.3 Å². The topological polar surface area (TPSA) is 81.0 Å². The van der Waals surface area contributed by atoms with E-state index in [1.165, 1.54) is 21.7 Å². The number of carbonyl (C=O) groups is 1. The molecule has 1 amide bonds. The third kappa shape index (κ3) is 4.29. The fraction of sp³-hybridized carbons (Fsp3) is 0.529. The van der Waals surface area contributed by atoms with Crippen LogP contribution >= 0.6 is 11.3 Å². The fourth-order valence-electron chi connectivity index (χ4n) is 3.23. The molecule has 0 radical (unpaired) electrons. The number of fused-ring (bicyclic) bond motifs is 1. The molecule has 7 nitrogen and oxygen atoms in total. The molecule has 1 aromatic heterocycles. The van der Waals surface area contributed by atoms with Crippen molar-refractivity contribution in [3.05, 3.63) is 28.8 Å². The summed E-state index contributed by atoms with van der Waals surface area (Å²) in [7, 11) is -3.48. The van der Waals surface area contributed by atoms with Crippen LogP contribution in [0.2, 0.25) is 0 Å². The van der Waals surface area contributed by atoms with E-state index in [1.54, 1.807) is 16.7 Å². The minimum Gasteiger partial charge on any atom is -0.380 e. The lowest BCUT2D eigenvalue weighted by atomic mass is 10.2. The number of thiazole rings is 1. The van der Waals surface area contributed by atoms with Gasteiger partial charge in [0.1, 0.15) is 11.9 Å². The van der Waals surface area contributed by atoms with Crippen LogP contribution in [0.1, 0.15) is 19.8 Å². The third-order valence-corrected chi connectivity index (χ3v) is 6.77. The molecule has 1 saturated heterocycles. The summed E-state index contributed by atoms with van der Waals surface area (Å²) in [6.07, 6.45) is 2.15. The zero-order chi connectivity index (χ0) is 19.6. The minimum absolute atomic E-state index is 0.316. The van der Waals surface area contributed by atoms with E-state index in [-0.39, 0.29) is 0 Å². The summed E-state index contributed by atoms with van der Waals surface area (Å²) in [4.78, 5) is 17.2. The molecule has 3 rings (SSSR count). The lowest BCUT2D eigenvalue weighted by Gasteiger charge is -2.18. The number of hydrogen-bond acceptors (Lipinski definition) is 5. The van der Waals surface area contributed by atoms with Gasteiger partial charge in [0.05, 0.1) is 23.1 Å². The quantitative estimate of drug-likeness (QED) is 0.673. The van der Waals surface area contributed by atoms with Gasteiger partial charge in [0, 0.05) is 19.7 Å². The normalized spacial score (nSPS) is 19.2. The largest absolute Gasteiger partial charge is 0.380 e. The maximum absolute atomic E-state index is 14.4. The Morgan fingerprint density at radius 3 is 2.93 bits per heavy atom. The zero-order valence-corrected chi connectivity index (χ0v) is 16.9. The molecule has 1 aliphatic heterocycles. The van der Waals surface area contributed by atoms with E-state index in [0.29, 0.717) is 54.2 Å². The van der Waals surface area contributed by atoms with Gasteiger partial charge in [-0.05, 0) is 31.9 Å². The number of benzene rings is 1. The second kappa shape index (κ2) is 8.17. The number of sulfonamides is 1. The number of rotatable bonds is 6. The monoisotopic (exact) mass is 415 g/mol. The van der Waals surface area contributed by atoms with Gasteiger partial charge in [-0.3, -0.25) is 4.79 Å². The van der Waals surface area contributed by atoms with Gasteiger partial charge in [-0.15, -0.1) is 0 Å². The van der Waals surface area contributed by atoms with E-state index in [0.717, 1.165) is 6.26 Å². The number of hydrogen-bond donors (Lipinski definition) is 0.